The summed E-state index contributed by atoms with van der Waals surface area (Å²) in [6, 6.07) is 0.445. The van der Waals surface area contributed by atoms with E-state index in [0.717, 1.165) is 32.4 Å². The fourth-order valence-electron chi connectivity index (χ4n) is 4.99. The van der Waals surface area contributed by atoms with Crippen LogP contribution in [0.2, 0.25) is 0 Å². The van der Waals surface area contributed by atoms with E-state index in [9.17, 15) is 13.2 Å². The van der Waals surface area contributed by atoms with Crippen LogP contribution in [0.1, 0.15) is 56.8 Å². The summed E-state index contributed by atoms with van der Waals surface area (Å²) >= 11 is 0. The molecule has 2 unspecified atom stereocenters. The summed E-state index contributed by atoms with van der Waals surface area (Å²) in [5.74, 6) is -3.29. The number of hydrogen-bond acceptors (Lipinski definition) is 3. The van der Waals surface area contributed by atoms with E-state index in [1.54, 1.807) is 0 Å². The highest BCUT2D eigenvalue weighted by molar-refractivity contribution is 5.26. The maximum atomic E-state index is 14.2. The van der Waals surface area contributed by atoms with Gasteiger partial charge in [-0.1, -0.05) is 0 Å². The minimum absolute atomic E-state index is 0.146. The molecule has 4 nitrogen and oxygen atoms in total. The minimum Gasteiger partial charge on any atom is -0.327 e. The van der Waals surface area contributed by atoms with E-state index in [0.29, 0.717) is 18.2 Å². The number of rotatable bonds is 3. The third kappa shape index (κ3) is 3.36. The fraction of sp³-hybridized carbons (Fsp3) is 0.650. The molecule has 1 aromatic heterocycles. The largest absolute Gasteiger partial charge is 0.327 e. The van der Waals surface area contributed by atoms with Crippen molar-refractivity contribution >= 4 is 0 Å². The second kappa shape index (κ2) is 7.09. The first-order chi connectivity index (χ1) is 12.8. The predicted octanol–water partition coefficient (Wildman–Crippen LogP) is 4.30. The van der Waals surface area contributed by atoms with Crippen molar-refractivity contribution in [3.63, 3.8) is 0 Å². The van der Waals surface area contributed by atoms with Crippen molar-refractivity contribution in [1.82, 2.24) is 14.7 Å². The lowest BCUT2D eigenvalue weighted by Gasteiger charge is -2.41. The SMILES string of the molecule is CC(C)n1ncc2c1CN([C@H]1CC[C@H](C3CC(F)=C(F)C=C3F)C(N)C1)C2. The number of nitrogens with zero attached hydrogens (tertiary/aromatic N) is 3. The molecule has 1 saturated carbocycles. The molecule has 0 saturated heterocycles. The highest BCUT2D eigenvalue weighted by atomic mass is 19.2. The highest BCUT2D eigenvalue weighted by Gasteiger charge is 2.40. The molecule has 4 rings (SSSR count). The summed E-state index contributed by atoms with van der Waals surface area (Å²) in [7, 11) is 0. The predicted molar refractivity (Wildman–Crippen MR) is 97.5 cm³/mol. The highest BCUT2D eigenvalue weighted by Crippen LogP contribution is 2.43. The first-order valence-corrected chi connectivity index (χ1v) is 9.81. The van der Waals surface area contributed by atoms with E-state index < -0.39 is 23.4 Å². The van der Waals surface area contributed by atoms with Gasteiger partial charge < -0.3 is 5.73 Å². The Labute approximate surface area is 157 Å². The number of aromatic nitrogens is 2. The van der Waals surface area contributed by atoms with Gasteiger partial charge in [-0.3, -0.25) is 9.58 Å². The molecule has 2 heterocycles. The molecule has 3 aliphatic rings. The van der Waals surface area contributed by atoms with Crippen LogP contribution in [0.5, 0.6) is 0 Å². The van der Waals surface area contributed by atoms with Gasteiger partial charge in [0.1, 0.15) is 11.7 Å². The van der Waals surface area contributed by atoms with Gasteiger partial charge in [-0.2, -0.15) is 5.10 Å². The Morgan fingerprint density at radius 2 is 1.96 bits per heavy atom. The average molecular weight is 380 g/mol. The van der Waals surface area contributed by atoms with Gasteiger partial charge >= 0.3 is 0 Å². The van der Waals surface area contributed by atoms with Crippen LogP contribution < -0.4 is 5.73 Å². The van der Waals surface area contributed by atoms with Crippen LogP contribution in [0.3, 0.4) is 0 Å². The third-order valence-electron chi connectivity index (χ3n) is 6.44. The van der Waals surface area contributed by atoms with E-state index in [-0.39, 0.29) is 18.4 Å². The van der Waals surface area contributed by atoms with Gasteiger partial charge in [-0.15, -0.1) is 0 Å². The van der Waals surface area contributed by atoms with Crippen molar-refractivity contribution in [2.75, 3.05) is 0 Å². The van der Waals surface area contributed by atoms with Crippen molar-refractivity contribution in [3.8, 4) is 0 Å². The molecule has 1 fully saturated rings. The standard InChI is InChI=1S/C20H27F3N4/c1-11(2)27-20-10-26(9-12(20)8-25-27)13-3-4-14(19(24)5-13)15-6-17(22)18(23)7-16(15)21/h7-8,11,13-15,19H,3-6,9-10,24H2,1-2H3/t13-,14+,15?,19?/m0/s1. The van der Waals surface area contributed by atoms with Gasteiger partial charge in [0, 0.05) is 55.2 Å². The number of nitrogens with two attached hydrogens (primary N) is 1. The van der Waals surface area contributed by atoms with Crippen molar-refractivity contribution in [2.45, 2.75) is 70.7 Å². The van der Waals surface area contributed by atoms with E-state index in [1.165, 1.54) is 11.3 Å². The van der Waals surface area contributed by atoms with Crippen LogP contribution in [-0.4, -0.2) is 26.8 Å². The van der Waals surface area contributed by atoms with Crippen LogP contribution in [0, 0.1) is 11.8 Å². The van der Waals surface area contributed by atoms with Crippen LogP contribution in [-0.2, 0) is 13.1 Å². The Morgan fingerprint density at radius 3 is 2.67 bits per heavy atom. The summed E-state index contributed by atoms with van der Waals surface area (Å²) in [6.07, 6.45) is 4.81. The van der Waals surface area contributed by atoms with Gasteiger partial charge in [-0.05, 0) is 39.0 Å². The molecule has 148 valence electrons. The topological polar surface area (TPSA) is 47.1 Å². The summed E-state index contributed by atoms with van der Waals surface area (Å²) in [6.45, 7) is 5.97. The molecular formula is C20H27F3N4. The zero-order chi connectivity index (χ0) is 19.3. The summed E-state index contributed by atoms with van der Waals surface area (Å²) in [5, 5.41) is 4.47. The monoisotopic (exact) mass is 380 g/mol. The van der Waals surface area contributed by atoms with E-state index in [4.69, 9.17) is 5.73 Å². The van der Waals surface area contributed by atoms with Crippen molar-refractivity contribution in [1.29, 1.82) is 0 Å². The minimum atomic E-state index is -1.08. The molecule has 2 N–H and O–H groups in total. The molecule has 1 aliphatic heterocycles. The lowest BCUT2D eigenvalue weighted by atomic mass is 9.72. The quantitative estimate of drug-likeness (QED) is 0.851. The van der Waals surface area contributed by atoms with Crippen LogP contribution >= 0.6 is 0 Å². The lowest BCUT2D eigenvalue weighted by molar-refractivity contribution is 0.0976. The van der Waals surface area contributed by atoms with Gasteiger partial charge in [0.05, 0.1) is 11.9 Å². The molecule has 0 aromatic carbocycles. The maximum absolute atomic E-state index is 14.2. The number of hydrogen-bond donors (Lipinski definition) is 1. The summed E-state index contributed by atoms with van der Waals surface area (Å²) in [4.78, 5) is 2.43. The number of fused-ring (bicyclic) bond motifs is 1. The number of allylic oxidation sites excluding steroid dienone is 4. The average Bonchev–Trinajstić information content (AvgIpc) is 3.18. The molecule has 2 aliphatic carbocycles. The van der Waals surface area contributed by atoms with Gasteiger partial charge in [0.2, 0.25) is 0 Å². The van der Waals surface area contributed by atoms with E-state index in [1.807, 2.05) is 6.20 Å². The normalized spacial score (nSPS) is 32.2. The van der Waals surface area contributed by atoms with Gasteiger partial charge in [0.15, 0.2) is 5.83 Å². The molecule has 0 spiro atoms. The first-order valence-electron chi connectivity index (χ1n) is 9.81. The Kier molecular flexibility index (Phi) is 4.93. The van der Waals surface area contributed by atoms with Crippen molar-refractivity contribution in [2.24, 2.45) is 17.6 Å². The second-order valence-electron chi connectivity index (χ2n) is 8.45. The molecule has 27 heavy (non-hydrogen) atoms. The zero-order valence-electron chi connectivity index (χ0n) is 15.8. The van der Waals surface area contributed by atoms with E-state index >= 15 is 0 Å². The fourth-order valence-corrected chi connectivity index (χ4v) is 4.99. The van der Waals surface area contributed by atoms with Crippen LogP contribution in [0.15, 0.2) is 29.8 Å². The first kappa shape index (κ1) is 18.7. The molecule has 0 amide bonds. The third-order valence-corrected chi connectivity index (χ3v) is 6.44. The van der Waals surface area contributed by atoms with Gasteiger partial charge in [-0.25, -0.2) is 13.2 Å². The Hall–Kier alpha value is -1.60. The second-order valence-corrected chi connectivity index (χ2v) is 8.45. The molecular weight excluding hydrogens is 353 g/mol. The maximum Gasteiger partial charge on any atom is 0.157 e. The lowest BCUT2D eigenvalue weighted by Crippen LogP contribution is -2.47. The van der Waals surface area contributed by atoms with Crippen molar-refractivity contribution < 1.29 is 13.2 Å². The summed E-state index contributed by atoms with van der Waals surface area (Å²) < 4.78 is 43.2. The van der Waals surface area contributed by atoms with Crippen LogP contribution in [0.25, 0.3) is 0 Å². The molecule has 0 radical (unpaired) electrons. The molecule has 7 heteroatoms. The zero-order valence-corrected chi connectivity index (χ0v) is 15.8. The summed E-state index contributed by atoms with van der Waals surface area (Å²) in [5.41, 5.74) is 8.93. The molecule has 1 aromatic rings. The number of halogens is 3. The van der Waals surface area contributed by atoms with Crippen molar-refractivity contribution in [3.05, 3.63) is 41.0 Å². The Bertz CT molecular complexity index is 782. The smallest absolute Gasteiger partial charge is 0.157 e. The Morgan fingerprint density at radius 1 is 1.19 bits per heavy atom. The Balaban J connectivity index is 1.41. The molecule has 4 atom stereocenters. The van der Waals surface area contributed by atoms with Gasteiger partial charge in [0.25, 0.3) is 0 Å². The molecule has 0 bridgehead atoms. The van der Waals surface area contributed by atoms with Crippen LogP contribution in [0.4, 0.5) is 13.2 Å². The van der Waals surface area contributed by atoms with E-state index in [2.05, 4.69) is 28.5 Å².